The molecule has 2 saturated heterocycles. The number of hydrogen-bond donors (Lipinski definition) is 2. The summed E-state index contributed by atoms with van der Waals surface area (Å²) in [6, 6.07) is 7.77. The van der Waals surface area contributed by atoms with Gasteiger partial charge in [0.05, 0.1) is 6.61 Å². The maximum atomic E-state index is 11.7. The molecule has 2 heterocycles. The number of nitrogens with one attached hydrogen (secondary N) is 2. The molecule has 0 aliphatic carbocycles. The van der Waals surface area contributed by atoms with Gasteiger partial charge in [-0.1, -0.05) is 12.1 Å². The molecule has 1 atom stereocenters. The van der Waals surface area contributed by atoms with Crippen molar-refractivity contribution in [1.82, 2.24) is 15.5 Å². The predicted octanol–water partition coefficient (Wildman–Crippen LogP) is 1.28. The molecule has 0 aromatic heterocycles. The van der Waals surface area contributed by atoms with Gasteiger partial charge in [-0.15, -0.1) is 0 Å². The Labute approximate surface area is 149 Å². The summed E-state index contributed by atoms with van der Waals surface area (Å²) >= 11 is 0. The highest BCUT2D eigenvalue weighted by Crippen LogP contribution is 2.38. The van der Waals surface area contributed by atoms with E-state index in [4.69, 9.17) is 4.74 Å². The Kier molecular flexibility index (Phi) is 5.58. The van der Waals surface area contributed by atoms with Crippen LogP contribution in [0.3, 0.4) is 0 Å². The summed E-state index contributed by atoms with van der Waals surface area (Å²) in [5.74, 6) is 0.915. The van der Waals surface area contributed by atoms with Gasteiger partial charge in [0.2, 0.25) is 0 Å². The monoisotopic (exact) mass is 344 g/mol. The second-order valence-corrected chi connectivity index (χ2v) is 6.98. The van der Waals surface area contributed by atoms with Crippen LogP contribution in [0.2, 0.25) is 0 Å². The van der Waals surface area contributed by atoms with E-state index in [0.717, 1.165) is 57.2 Å². The van der Waals surface area contributed by atoms with Crippen LogP contribution in [0.25, 0.3) is 0 Å². The lowest BCUT2D eigenvalue weighted by molar-refractivity contribution is 0.0963. The molecule has 0 saturated carbocycles. The van der Waals surface area contributed by atoms with Crippen LogP contribution in [0.4, 0.5) is 0 Å². The number of guanidine groups is 1. The standard InChI is InChI=1S/C19H28N4O2/c1-20-17(24)16-5-3-4-15(12-16)6-9-22-18(21-2)23-10-7-19(13-23)8-11-25-14-19/h3-5,12H,6-11,13-14H2,1-2H3,(H,20,24)(H,21,22). The van der Waals surface area contributed by atoms with Gasteiger partial charge in [0.25, 0.3) is 5.91 Å². The molecule has 3 rings (SSSR count). The number of nitrogens with zero attached hydrogens (tertiary/aromatic N) is 2. The van der Waals surface area contributed by atoms with Gasteiger partial charge in [-0.3, -0.25) is 9.79 Å². The zero-order valence-corrected chi connectivity index (χ0v) is 15.2. The highest BCUT2D eigenvalue weighted by atomic mass is 16.5. The van der Waals surface area contributed by atoms with Crippen LogP contribution in [0.1, 0.15) is 28.8 Å². The lowest BCUT2D eigenvalue weighted by Crippen LogP contribution is -2.42. The number of amides is 1. The van der Waals surface area contributed by atoms with Gasteiger partial charge in [0, 0.05) is 51.3 Å². The van der Waals surface area contributed by atoms with Crippen LogP contribution in [0.5, 0.6) is 0 Å². The SMILES string of the molecule is CN=C(NCCc1cccc(C(=O)NC)c1)N1CCC2(CCOC2)C1. The maximum Gasteiger partial charge on any atom is 0.251 e. The molecule has 2 aliphatic rings. The molecule has 2 N–H and O–H groups in total. The first-order valence-corrected chi connectivity index (χ1v) is 9.00. The average molecular weight is 344 g/mol. The van der Waals surface area contributed by atoms with Gasteiger partial charge in [-0.05, 0) is 37.0 Å². The number of carbonyl (C=O) groups is 1. The molecule has 0 bridgehead atoms. The van der Waals surface area contributed by atoms with E-state index in [1.54, 1.807) is 7.05 Å². The van der Waals surface area contributed by atoms with Gasteiger partial charge < -0.3 is 20.3 Å². The molecule has 1 aromatic carbocycles. The van der Waals surface area contributed by atoms with Crippen molar-refractivity contribution in [2.24, 2.45) is 10.4 Å². The van der Waals surface area contributed by atoms with Gasteiger partial charge in [0.1, 0.15) is 0 Å². The second-order valence-electron chi connectivity index (χ2n) is 6.98. The number of likely N-dealkylation sites (tertiary alicyclic amines) is 1. The maximum absolute atomic E-state index is 11.7. The molecule has 136 valence electrons. The van der Waals surface area contributed by atoms with Crippen LogP contribution >= 0.6 is 0 Å². The molecule has 1 unspecified atom stereocenters. The first kappa shape index (κ1) is 17.7. The fourth-order valence-corrected chi connectivity index (χ4v) is 3.75. The van der Waals surface area contributed by atoms with E-state index in [2.05, 4.69) is 26.6 Å². The molecular weight excluding hydrogens is 316 g/mol. The fourth-order valence-electron chi connectivity index (χ4n) is 3.75. The lowest BCUT2D eigenvalue weighted by Gasteiger charge is -2.25. The minimum atomic E-state index is -0.0493. The van der Waals surface area contributed by atoms with Crippen molar-refractivity contribution in [3.8, 4) is 0 Å². The van der Waals surface area contributed by atoms with Gasteiger partial charge in [-0.2, -0.15) is 0 Å². The number of hydrogen-bond acceptors (Lipinski definition) is 3. The first-order chi connectivity index (χ1) is 12.2. The van der Waals surface area contributed by atoms with Crippen LogP contribution < -0.4 is 10.6 Å². The van der Waals surface area contributed by atoms with Crippen LogP contribution in [-0.4, -0.2) is 63.7 Å². The Morgan fingerprint density at radius 1 is 1.40 bits per heavy atom. The van der Waals surface area contributed by atoms with Gasteiger partial charge in [-0.25, -0.2) is 0 Å². The summed E-state index contributed by atoms with van der Waals surface area (Å²) in [6.07, 6.45) is 3.20. The Morgan fingerprint density at radius 2 is 2.28 bits per heavy atom. The third-order valence-corrected chi connectivity index (χ3v) is 5.25. The Hall–Kier alpha value is -2.08. The molecule has 1 aromatic rings. The van der Waals surface area contributed by atoms with Gasteiger partial charge >= 0.3 is 0 Å². The quantitative estimate of drug-likeness (QED) is 0.638. The fraction of sp³-hybridized carbons (Fsp3) is 0.579. The smallest absolute Gasteiger partial charge is 0.251 e. The minimum absolute atomic E-state index is 0.0493. The molecule has 1 spiro atoms. The lowest BCUT2D eigenvalue weighted by atomic mass is 9.87. The molecule has 6 nitrogen and oxygen atoms in total. The Bertz CT molecular complexity index is 638. The topological polar surface area (TPSA) is 66.0 Å². The van der Waals surface area contributed by atoms with E-state index >= 15 is 0 Å². The minimum Gasteiger partial charge on any atom is -0.381 e. The van der Waals surface area contributed by atoms with Crippen LogP contribution in [0, 0.1) is 5.41 Å². The second kappa shape index (κ2) is 7.87. The Balaban J connectivity index is 1.52. The van der Waals surface area contributed by atoms with Crippen molar-refractivity contribution < 1.29 is 9.53 Å². The highest BCUT2D eigenvalue weighted by Gasteiger charge is 2.42. The summed E-state index contributed by atoms with van der Waals surface area (Å²) in [4.78, 5) is 18.5. The zero-order valence-electron chi connectivity index (χ0n) is 15.2. The molecule has 0 radical (unpaired) electrons. The zero-order chi connectivity index (χ0) is 17.7. The molecule has 2 aliphatic heterocycles. The summed E-state index contributed by atoms with van der Waals surface area (Å²) < 4.78 is 5.60. The third-order valence-electron chi connectivity index (χ3n) is 5.25. The van der Waals surface area contributed by atoms with E-state index < -0.39 is 0 Å². The van der Waals surface area contributed by atoms with Crippen molar-refractivity contribution in [3.63, 3.8) is 0 Å². The average Bonchev–Trinajstić information content (AvgIpc) is 3.28. The summed E-state index contributed by atoms with van der Waals surface area (Å²) in [5, 5.41) is 6.13. The summed E-state index contributed by atoms with van der Waals surface area (Å²) in [7, 11) is 3.49. The number of ether oxygens (including phenoxy) is 1. The molecule has 25 heavy (non-hydrogen) atoms. The highest BCUT2D eigenvalue weighted by molar-refractivity contribution is 5.94. The molecular formula is C19H28N4O2. The van der Waals surface area contributed by atoms with Crippen molar-refractivity contribution in [2.45, 2.75) is 19.3 Å². The van der Waals surface area contributed by atoms with Crippen molar-refractivity contribution >= 4 is 11.9 Å². The number of rotatable bonds is 4. The molecule has 2 fully saturated rings. The van der Waals surface area contributed by atoms with E-state index in [-0.39, 0.29) is 5.91 Å². The van der Waals surface area contributed by atoms with E-state index in [1.165, 1.54) is 6.42 Å². The normalized spacial score (nSPS) is 23.3. The number of carbonyl (C=O) groups excluding carboxylic acids is 1. The van der Waals surface area contributed by atoms with E-state index in [0.29, 0.717) is 11.0 Å². The summed E-state index contributed by atoms with van der Waals surface area (Å²) in [6.45, 7) is 4.63. The Morgan fingerprint density at radius 3 is 3.00 bits per heavy atom. The molecule has 1 amide bonds. The number of benzene rings is 1. The van der Waals surface area contributed by atoms with Crippen LogP contribution in [0.15, 0.2) is 29.3 Å². The predicted molar refractivity (Wildman–Crippen MR) is 99.0 cm³/mol. The summed E-state index contributed by atoms with van der Waals surface area (Å²) in [5.41, 5.74) is 2.18. The molecule has 6 heteroatoms. The van der Waals surface area contributed by atoms with E-state index in [1.807, 2.05) is 25.2 Å². The van der Waals surface area contributed by atoms with Crippen molar-refractivity contribution in [3.05, 3.63) is 35.4 Å². The third kappa shape index (κ3) is 4.12. The largest absolute Gasteiger partial charge is 0.381 e. The van der Waals surface area contributed by atoms with Gasteiger partial charge in [0.15, 0.2) is 5.96 Å². The first-order valence-electron chi connectivity index (χ1n) is 9.00. The van der Waals surface area contributed by atoms with Crippen LogP contribution in [-0.2, 0) is 11.2 Å². The van der Waals surface area contributed by atoms with Crippen molar-refractivity contribution in [1.29, 1.82) is 0 Å². The van der Waals surface area contributed by atoms with Crippen molar-refractivity contribution in [2.75, 3.05) is 46.9 Å². The van der Waals surface area contributed by atoms with E-state index in [9.17, 15) is 4.79 Å². The number of aliphatic imine (C=N–C) groups is 1.